The van der Waals surface area contributed by atoms with E-state index in [-0.39, 0.29) is 30.5 Å². The Balaban J connectivity index is 1.81. The predicted octanol–water partition coefficient (Wildman–Crippen LogP) is 4.54. The molecule has 40 heavy (non-hydrogen) atoms. The van der Waals surface area contributed by atoms with Crippen LogP contribution in [0.2, 0.25) is 5.02 Å². The largest absolute Gasteiger partial charge is 0.453 e. The highest BCUT2D eigenvalue weighted by atomic mass is 35.5. The maximum atomic E-state index is 13.2. The fourth-order valence-corrected chi connectivity index (χ4v) is 4.75. The number of hydrogen-bond donors (Lipinski definition) is 3. The third kappa shape index (κ3) is 10.2. The first-order chi connectivity index (χ1) is 19.3. The lowest BCUT2D eigenvalue weighted by Crippen LogP contribution is -2.41. The number of amides is 2. The van der Waals surface area contributed by atoms with Crippen LogP contribution in [-0.4, -0.2) is 71.7 Å². The molecule has 1 fully saturated rings. The molecular weight excluding hydrogens is 548 g/mol. The quantitative estimate of drug-likeness (QED) is 0.280. The minimum absolute atomic E-state index is 0.0143. The van der Waals surface area contributed by atoms with Crippen LogP contribution >= 0.6 is 11.6 Å². The van der Waals surface area contributed by atoms with Gasteiger partial charge in [0.15, 0.2) is 0 Å². The molecule has 2 aromatic carbocycles. The molecule has 0 bridgehead atoms. The highest BCUT2D eigenvalue weighted by Gasteiger charge is 2.22. The summed E-state index contributed by atoms with van der Waals surface area (Å²) in [6.07, 6.45) is 1.50. The maximum Gasteiger partial charge on any atom is 0.406 e. The lowest BCUT2D eigenvalue weighted by atomic mass is 9.94. The molecular formula is C28H36ClF2N3O6. The Hall–Kier alpha value is -2.99. The second-order valence-corrected chi connectivity index (χ2v) is 9.84. The number of ether oxygens (including phenoxy) is 4. The number of alkyl halides is 2. The predicted molar refractivity (Wildman–Crippen MR) is 146 cm³/mol. The van der Waals surface area contributed by atoms with Crippen LogP contribution in [0.3, 0.4) is 0 Å². The van der Waals surface area contributed by atoms with Crippen LogP contribution in [0.25, 0.3) is 0 Å². The molecule has 220 valence electrons. The molecule has 1 aliphatic rings. The Morgan fingerprint density at radius 1 is 1.15 bits per heavy atom. The van der Waals surface area contributed by atoms with Gasteiger partial charge in [0.1, 0.15) is 11.9 Å². The molecule has 3 atom stereocenters. The van der Waals surface area contributed by atoms with E-state index in [1.165, 1.54) is 19.2 Å². The van der Waals surface area contributed by atoms with Gasteiger partial charge in [0.2, 0.25) is 0 Å². The van der Waals surface area contributed by atoms with E-state index >= 15 is 0 Å². The molecule has 12 heteroatoms. The molecule has 2 amide bonds. The lowest BCUT2D eigenvalue weighted by molar-refractivity contribution is -0.0500. The SMILES string of the molecule is CN[C@H](CNC(=O)c1cc(OC(F)F)cc([C@@H](OCCNC(=O)OC)c2cccc(Cl)c2)c1)C[C@H]1CCCOC1. The maximum absolute atomic E-state index is 13.2. The summed E-state index contributed by atoms with van der Waals surface area (Å²) in [6, 6.07) is 11.1. The zero-order valence-corrected chi connectivity index (χ0v) is 23.3. The van der Waals surface area contributed by atoms with Crippen LogP contribution in [0.4, 0.5) is 13.6 Å². The van der Waals surface area contributed by atoms with Crippen molar-refractivity contribution in [3.63, 3.8) is 0 Å². The Kier molecular flexibility index (Phi) is 12.9. The summed E-state index contributed by atoms with van der Waals surface area (Å²) in [4.78, 5) is 24.6. The van der Waals surface area contributed by atoms with Crippen molar-refractivity contribution >= 4 is 23.6 Å². The van der Waals surface area contributed by atoms with Crippen LogP contribution < -0.4 is 20.7 Å². The van der Waals surface area contributed by atoms with E-state index < -0.39 is 24.7 Å². The Morgan fingerprint density at radius 3 is 2.65 bits per heavy atom. The van der Waals surface area contributed by atoms with Crippen LogP contribution in [0.5, 0.6) is 5.75 Å². The van der Waals surface area contributed by atoms with Gasteiger partial charge in [-0.25, -0.2) is 4.79 Å². The summed E-state index contributed by atoms with van der Waals surface area (Å²) >= 11 is 6.20. The normalized spacial score (nSPS) is 16.7. The number of halogens is 3. The number of likely N-dealkylation sites (N-methyl/N-ethyl adjacent to an activating group) is 1. The van der Waals surface area contributed by atoms with Gasteiger partial charge in [-0.3, -0.25) is 4.79 Å². The number of rotatable bonds is 14. The van der Waals surface area contributed by atoms with Gasteiger partial charge in [-0.05, 0) is 73.7 Å². The Bertz CT molecular complexity index is 1100. The number of carbonyl (C=O) groups excluding carboxylic acids is 2. The number of hydrogen-bond acceptors (Lipinski definition) is 7. The van der Waals surface area contributed by atoms with Crippen molar-refractivity contribution in [3.05, 3.63) is 64.2 Å². The zero-order valence-electron chi connectivity index (χ0n) is 22.6. The van der Waals surface area contributed by atoms with Crippen molar-refractivity contribution in [1.82, 2.24) is 16.0 Å². The van der Waals surface area contributed by atoms with Crippen molar-refractivity contribution in [2.45, 2.75) is 38.0 Å². The third-order valence-corrected chi connectivity index (χ3v) is 6.74. The molecule has 2 aromatic rings. The average Bonchev–Trinajstić information content (AvgIpc) is 2.94. The fraction of sp³-hybridized carbons (Fsp3) is 0.500. The van der Waals surface area contributed by atoms with Gasteiger partial charge in [-0.15, -0.1) is 0 Å². The molecule has 0 spiro atoms. The van der Waals surface area contributed by atoms with Crippen molar-refractivity contribution in [2.75, 3.05) is 47.1 Å². The second kappa shape index (κ2) is 16.3. The van der Waals surface area contributed by atoms with E-state index in [0.29, 0.717) is 35.2 Å². The summed E-state index contributed by atoms with van der Waals surface area (Å²) in [5.74, 6) is -0.231. The number of alkyl carbamates (subject to hydrolysis) is 1. The summed E-state index contributed by atoms with van der Waals surface area (Å²) in [5, 5.41) is 9.08. The molecule has 0 aliphatic carbocycles. The van der Waals surface area contributed by atoms with Gasteiger partial charge in [0, 0.05) is 42.9 Å². The van der Waals surface area contributed by atoms with Gasteiger partial charge in [-0.2, -0.15) is 8.78 Å². The van der Waals surface area contributed by atoms with Crippen molar-refractivity contribution < 1.29 is 37.3 Å². The number of benzene rings is 2. The lowest BCUT2D eigenvalue weighted by Gasteiger charge is -2.26. The molecule has 0 aromatic heterocycles. The van der Waals surface area contributed by atoms with Gasteiger partial charge in [-0.1, -0.05) is 23.7 Å². The number of carbonyl (C=O) groups is 2. The highest BCUT2D eigenvalue weighted by Crippen LogP contribution is 2.32. The highest BCUT2D eigenvalue weighted by molar-refractivity contribution is 6.30. The fourth-order valence-electron chi connectivity index (χ4n) is 4.55. The number of methoxy groups -OCH3 is 1. The Morgan fingerprint density at radius 2 is 1.98 bits per heavy atom. The molecule has 1 aliphatic heterocycles. The molecule has 3 rings (SSSR count). The summed E-state index contributed by atoms with van der Waals surface area (Å²) in [6.45, 7) is -1.09. The average molecular weight is 584 g/mol. The van der Waals surface area contributed by atoms with E-state index in [1.807, 2.05) is 7.05 Å². The third-order valence-electron chi connectivity index (χ3n) is 6.50. The summed E-state index contributed by atoms with van der Waals surface area (Å²) in [5.41, 5.74) is 1.15. The molecule has 0 radical (unpaired) electrons. The molecule has 1 saturated heterocycles. The smallest absolute Gasteiger partial charge is 0.406 e. The van der Waals surface area contributed by atoms with Crippen molar-refractivity contribution in [1.29, 1.82) is 0 Å². The Labute approximate surface area is 237 Å². The van der Waals surface area contributed by atoms with E-state index in [4.69, 9.17) is 21.1 Å². The first-order valence-electron chi connectivity index (χ1n) is 13.1. The van der Waals surface area contributed by atoms with Crippen LogP contribution in [-0.2, 0) is 14.2 Å². The molecule has 9 nitrogen and oxygen atoms in total. The van der Waals surface area contributed by atoms with E-state index in [2.05, 4.69) is 25.4 Å². The zero-order chi connectivity index (χ0) is 28.9. The van der Waals surface area contributed by atoms with Gasteiger partial charge >= 0.3 is 12.7 Å². The molecule has 3 N–H and O–H groups in total. The monoisotopic (exact) mass is 583 g/mol. The van der Waals surface area contributed by atoms with Crippen LogP contribution in [0.15, 0.2) is 42.5 Å². The summed E-state index contributed by atoms with van der Waals surface area (Å²) < 4.78 is 47.2. The minimum atomic E-state index is -3.09. The van der Waals surface area contributed by atoms with Crippen molar-refractivity contribution in [3.8, 4) is 5.75 Å². The molecule has 1 heterocycles. The summed E-state index contributed by atoms with van der Waals surface area (Å²) in [7, 11) is 3.08. The van der Waals surface area contributed by atoms with E-state index in [1.54, 1.807) is 30.3 Å². The van der Waals surface area contributed by atoms with E-state index in [0.717, 1.165) is 25.9 Å². The van der Waals surface area contributed by atoms with Crippen LogP contribution in [0.1, 0.15) is 46.9 Å². The first-order valence-corrected chi connectivity index (χ1v) is 13.5. The number of nitrogens with one attached hydrogen (secondary N) is 3. The van der Waals surface area contributed by atoms with Gasteiger partial charge in [0.05, 0.1) is 13.7 Å². The van der Waals surface area contributed by atoms with Gasteiger partial charge < -0.3 is 34.9 Å². The first kappa shape index (κ1) is 31.5. The topological polar surface area (TPSA) is 107 Å². The molecule has 0 saturated carbocycles. The second-order valence-electron chi connectivity index (χ2n) is 9.41. The molecule has 0 unspecified atom stereocenters. The minimum Gasteiger partial charge on any atom is -0.453 e. The van der Waals surface area contributed by atoms with Crippen molar-refractivity contribution in [2.24, 2.45) is 5.92 Å². The van der Waals surface area contributed by atoms with E-state index in [9.17, 15) is 18.4 Å². The van der Waals surface area contributed by atoms with Gasteiger partial charge in [0.25, 0.3) is 5.91 Å². The van der Waals surface area contributed by atoms with Crippen LogP contribution in [0, 0.1) is 5.92 Å². The standard InChI is InChI=1S/C28H36ClF2N3O6/c1-32-23(11-18-5-4-9-38-17-18)16-34-26(35)21-12-20(14-24(15-21)40-27(30)31)25(19-6-3-7-22(29)13-19)39-10-8-33-28(36)37-2/h3,6-7,12-15,18,23,25,27,32H,4-5,8-11,16-17H2,1-2H3,(H,33,36)(H,34,35)/t18-,23+,25+/m1/s1.